The first-order chi connectivity index (χ1) is 6.12. The van der Waals surface area contributed by atoms with E-state index in [4.69, 9.17) is 9.11 Å². The van der Waals surface area contributed by atoms with E-state index in [1.54, 1.807) is 0 Å². The molecule has 11 heteroatoms. The minimum atomic E-state index is -3.72. The third-order valence-electron chi connectivity index (χ3n) is 0.670. The van der Waals surface area contributed by atoms with E-state index in [0.717, 1.165) is 0 Å². The second kappa shape index (κ2) is 10.9. The average Bonchev–Trinajstić information content (AvgIpc) is 1.81. The van der Waals surface area contributed by atoms with E-state index in [0.29, 0.717) is 0 Å². The van der Waals surface area contributed by atoms with Gasteiger partial charge in [-0.2, -0.15) is 16.8 Å². The molecule has 0 bridgehead atoms. The van der Waals surface area contributed by atoms with Crippen LogP contribution in [0.1, 0.15) is 1.43 Å². The van der Waals surface area contributed by atoms with Crippen LogP contribution in [0.15, 0.2) is 0 Å². The van der Waals surface area contributed by atoms with E-state index in [1.807, 2.05) is 0 Å². The van der Waals surface area contributed by atoms with Crippen molar-refractivity contribution in [2.75, 3.05) is 22.2 Å². The van der Waals surface area contributed by atoms with Crippen LogP contribution >= 0.6 is 31.9 Å². The van der Waals surface area contributed by atoms with Crippen molar-refractivity contribution in [3.8, 4) is 0 Å². The van der Waals surface area contributed by atoms with Gasteiger partial charge in [0.2, 0.25) is 0 Å². The Balaban J connectivity index is -0.0000000800. The third kappa shape index (κ3) is 31.3. The molecule has 0 saturated heterocycles. The van der Waals surface area contributed by atoms with E-state index < -0.39 is 20.2 Å². The maximum atomic E-state index is 9.76. The van der Waals surface area contributed by atoms with Crippen LogP contribution in [-0.4, -0.2) is 48.1 Å². The van der Waals surface area contributed by atoms with Crippen LogP contribution in [0.4, 0.5) is 0 Å². The van der Waals surface area contributed by atoms with Gasteiger partial charge >= 0.3 is 29.6 Å². The fourth-order valence-electron chi connectivity index (χ4n) is 0.195. The van der Waals surface area contributed by atoms with E-state index in [9.17, 15) is 16.8 Å². The van der Waals surface area contributed by atoms with Gasteiger partial charge in [-0.3, -0.25) is 9.11 Å². The minimum Gasteiger partial charge on any atom is -1.00 e. The molecule has 2 N–H and O–H groups in total. The van der Waals surface area contributed by atoms with Gasteiger partial charge in [0.1, 0.15) is 0 Å². The molecule has 0 amide bonds. The van der Waals surface area contributed by atoms with Crippen LogP contribution in [0.25, 0.3) is 0 Å². The minimum absolute atomic E-state index is 0. The first-order valence-corrected chi connectivity index (χ1v) is 8.60. The van der Waals surface area contributed by atoms with E-state index in [1.165, 1.54) is 0 Å². The largest absolute Gasteiger partial charge is 1.00 e. The first-order valence-electron chi connectivity index (χ1n) is 3.14. The maximum absolute atomic E-state index is 9.76. The number of rotatable bonds is 4. The van der Waals surface area contributed by atoms with Gasteiger partial charge in [0.25, 0.3) is 20.2 Å². The van der Waals surface area contributed by atoms with Crippen LogP contribution in [0.3, 0.4) is 0 Å². The molecular weight excluding hydrogens is 391 g/mol. The van der Waals surface area contributed by atoms with Gasteiger partial charge in [-0.25, -0.2) is 0 Å². The van der Waals surface area contributed by atoms with Gasteiger partial charge in [0.15, 0.2) is 0 Å². The molecule has 0 aliphatic heterocycles. The standard InChI is InChI=1S/2C2H5BrO3S.Na.H/c2*3-1-2-7(4,5)6;;/h2*1-2H2,(H,4,5,6);;/q;;+1;-1. The molecule has 6 nitrogen and oxygen atoms in total. The van der Waals surface area contributed by atoms with Crippen LogP contribution < -0.4 is 29.6 Å². The normalized spacial score (nSPS) is 10.9. The summed E-state index contributed by atoms with van der Waals surface area (Å²) in [5.74, 6) is -0.431. The number of alkyl halides is 2. The second-order valence-electron chi connectivity index (χ2n) is 1.95. The smallest absolute Gasteiger partial charge is 1.00 e. The molecule has 0 aliphatic rings. The third-order valence-corrected chi connectivity index (χ3v) is 3.95. The maximum Gasteiger partial charge on any atom is 1.00 e. The van der Waals surface area contributed by atoms with E-state index in [-0.39, 0.29) is 53.1 Å². The summed E-state index contributed by atoms with van der Waals surface area (Å²) in [6.45, 7) is 0. The number of halogens is 2. The first kappa shape index (κ1) is 22.0. The second-order valence-corrected chi connectivity index (χ2v) is 6.68. The molecule has 0 aliphatic carbocycles. The van der Waals surface area contributed by atoms with Crippen LogP contribution in [0, 0.1) is 0 Å². The molecule has 0 aromatic carbocycles. The Morgan fingerprint density at radius 2 is 1.07 bits per heavy atom. The monoisotopic (exact) mass is 400 g/mol. The Morgan fingerprint density at radius 3 is 1.07 bits per heavy atom. The van der Waals surface area contributed by atoms with Gasteiger partial charge in [-0.1, -0.05) is 31.9 Å². The molecule has 0 rings (SSSR count). The molecule has 90 valence electrons. The molecule has 0 spiro atoms. The quantitative estimate of drug-likeness (QED) is 0.310. The molecule has 15 heavy (non-hydrogen) atoms. The zero-order valence-corrected chi connectivity index (χ0v) is 14.7. The molecule has 0 heterocycles. The molecular formula is C4H11Br2NaO6S2. The van der Waals surface area contributed by atoms with Crippen molar-refractivity contribution in [3.63, 3.8) is 0 Å². The summed E-state index contributed by atoms with van der Waals surface area (Å²) in [7, 11) is -7.44. The molecule has 0 saturated carbocycles. The van der Waals surface area contributed by atoms with Crippen molar-refractivity contribution >= 4 is 52.1 Å². The summed E-state index contributed by atoms with van der Waals surface area (Å²) in [5.41, 5.74) is 0. The summed E-state index contributed by atoms with van der Waals surface area (Å²) in [6, 6.07) is 0. The van der Waals surface area contributed by atoms with Gasteiger partial charge in [-0.05, 0) is 0 Å². The van der Waals surface area contributed by atoms with Crippen molar-refractivity contribution in [2.24, 2.45) is 0 Å². The molecule has 0 atom stereocenters. The summed E-state index contributed by atoms with van der Waals surface area (Å²) in [5, 5.41) is 0.567. The molecule has 0 fully saturated rings. The van der Waals surface area contributed by atoms with Crippen molar-refractivity contribution in [1.82, 2.24) is 0 Å². The Labute approximate surface area is 130 Å². The van der Waals surface area contributed by atoms with Gasteiger partial charge in [-0.15, -0.1) is 0 Å². The Morgan fingerprint density at radius 1 is 0.867 bits per heavy atom. The summed E-state index contributed by atoms with van der Waals surface area (Å²) in [6.07, 6.45) is 0. The van der Waals surface area contributed by atoms with Gasteiger partial charge in [0, 0.05) is 10.7 Å². The zero-order valence-electron chi connectivity index (χ0n) is 8.93. The number of hydrogen-bond donors (Lipinski definition) is 2. The fraction of sp³-hybridized carbons (Fsp3) is 1.00. The van der Waals surface area contributed by atoms with Crippen LogP contribution in [0.5, 0.6) is 0 Å². The fourth-order valence-corrected chi connectivity index (χ4v) is 3.04. The SMILES string of the molecule is O=S(=O)(O)CCBr.O=S(=O)(O)CCBr.[H-].[Na+]. The van der Waals surface area contributed by atoms with Crippen LogP contribution in [-0.2, 0) is 20.2 Å². The predicted octanol–water partition coefficient (Wildman–Crippen LogP) is -2.35. The van der Waals surface area contributed by atoms with E-state index >= 15 is 0 Å². The summed E-state index contributed by atoms with van der Waals surface area (Å²) < 4.78 is 54.9. The van der Waals surface area contributed by atoms with Crippen molar-refractivity contribution < 1.29 is 56.9 Å². The molecule has 0 aromatic heterocycles. The van der Waals surface area contributed by atoms with Gasteiger partial charge < -0.3 is 1.43 Å². The number of hydrogen-bond acceptors (Lipinski definition) is 4. The average molecular weight is 402 g/mol. The Hall–Kier alpha value is 1.78. The van der Waals surface area contributed by atoms with Crippen LogP contribution in [0.2, 0.25) is 0 Å². The van der Waals surface area contributed by atoms with Crippen molar-refractivity contribution in [1.29, 1.82) is 0 Å². The summed E-state index contributed by atoms with van der Waals surface area (Å²) in [4.78, 5) is 0. The topological polar surface area (TPSA) is 109 Å². The molecule has 0 aromatic rings. The Kier molecular flexibility index (Phi) is 16.0. The predicted molar refractivity (Wildman–Crippen MR) is 61.5 cm³/mol. The zero-order chi connectivity index (χ0) is 11.8. The molecule has 0 radical (unpaired) electrons. The van der Waals surface area contributed by atoms with Gasteiger partial charge in [0.05, 0.1) is 11.5 Å². The Bertz CT molecular complexity index is 296. The van der Waals surface area contributed by atoms with E-state index in [2.05, 4.69) is 31.9 Å². The van der Waals surface area contributed by atoms with Crippen molar-refractivity contribution in [2.45, 2.75) is 0 Å². The van der Waals surface area contributed by atoms with Crippen molar-refractivity contribution in [3.05, 3.63) is 0 Å². The molecule has 0 unspecified atom stereocenters. The summed E-state index contributed by atoms with van der Waals surface area (Å²) >= 11 is 5.69.